The first kappa shape index (κ1) is 19.8. The molecule has 0 aliphatic heterocycles. The smallest absolute Gasteiger partial charge is 0.279 e. The van der Waals surface area contributed by atoms with E-state index in [1.165, 1.54) is 24.3 Å². The second-order valence-electron chi connectivity index (χ2n) is 7.30. The number of benzene rings is 2. The number of aromatic amines is 1. The Hall–Kier alpha value is -3.17. The molecule has 0 bridgehead atoms. The van der Waals surface area contributed by atoms with Gasteiger partial charge < -0.3 is 4.52 Å². The molecule has 4 aromatic rings. The van der Waals surface area contributed by atoms with Gasteiger partial charge in [0.15, 0.2) is 5.69 Å². The van der Waals surface area contributed by atoms with Gasteiger partial charge in [-0.2, -0.15) is 10.1 Å². The molecule has 2 heterocycles. The Kier molecular flexibility index (Phi) is 4.99. The van der Waals surface area contributed by atoms with Crippen LogP contribution >= 0.6 is 11.6 Å². The number of aryl methyl sites for hydroxylation is 1. The van der Waals surface area contributed by atoms with Crippen LogP contribution in [0.15, 0.2) is 57.9 Å². The molecule has 0 fully saturated rings. The Labute approximate surface area is 183 Å². The summed E-state index contributed by atoms with van der Waals surface area (Å²) in [6.45, 7) is 0. The van der Waals surface area contributed by atoms with E-state index in [0.29, 0.717) is 33.7 Å². The highest BCUT2D eigenvalue weighted by Crippen LogP contribution is 2.30. The summed E-state index contributed by atoms with van der Waals surface area (Å²) in [5, 5.41) is 12.0. The predicted octanol–water partition coefficient (Wildman–Crippen LogP) is 4.46. The van der Waals surface area contributed by atoms with E-state index < -0.39 is 10.0 Å². The topological polar surface area (TPSA) is 114 Å². The van der Waals surface area contributed by atoms with Crippen molar-refractivity contribution in [3.05, 3.63) is 64.8 Å². The van der Waals surface area contributed by atoms with Crippen LogP contribution in [0.4, 0.5) is 5.69 Å². The van der Waals surface area contributed by atoms with E-state index in [1.807, 2.05) is 0 Å². The molecule has 2 N–H and O–H groups in total. The van der Waals surface area contributed by atoms with Gasteiger partial charge in [-0.3, -0.25) is 9.82 Å². The molecule has 158 valence electrons. The molecule has 0 saturated heterocycles. The number of sulfonamides is 1. The maximum absolute atomic E-state index is 12.5. The van der Waals surface area contributed by atoms with Gasteiger partial charge in [0.1, 0.15) is 0 Å². The van der Waals surface area contributed by atoms with Gasteiger partial charge in [0, 0.05) is 27.5 Å². The minimum absolute atomic E-state index is 0.131. The minimum atomic E-state index is -3.71. The molecule has 0 atom stereocenters. The lowest BCUT2D eigenvalue weighted by Gasteiger charge is -2.09. The molecule has 0 radical (unpaired) electrons. The average Bonchev–Trinajstić information content (AvgIpc) is 3.41. The van der Waals surface area contributed by atoms with Gasteiger partial charge in [-0.15, -0.1) is 0 Å². The van der Waals surface area contributed by atoms with Crippen LogP contribution in [0.2, 0.25) is 5.02 Å². The molecule has 0 saturated carbocycles. The Morgan fingerprint density at radius 1 is 1.00 bits per heavy atom. The summed E-state index contributed by atoms with van der Waals surface area (Å²) in [5.41, 5.74) is 4.12. The van der Waals surface area contributed by atoms with Crippen LogP contribution in [0.1, 0.15) is 24.1 Å². The van der Waals surface area contributed by atoms with Crippen molar-refractivity contribution in [3.63, 3.8) is 0 Å². The number of halogens is 1. The maximum atomic E-state index is 12.5. The first-order chi connectivity index (χ1) is 15.0. The van der Waals surface area contributed by atoms with Gasteiger partial charge in [-0.25, -0.2) is 8.42 Å². The first-order valence-corrected chi connectivity index (χ1v) is 11.6. The third-order valence-corrected chi connectivity index (χ3v) is 6.85. The summed E-state index contributed by atoms with van der Waals surface area (Å²) in [4.78, 5) is 4.61. The van der Waals surface area contributed by atoms with Crippen molar-refractivity contribution in [2.45, 2.75) is 30.6 Å². The summed E-state index contributed by atoms with van der Waals surface area (Å²) < 4.78 is 33.0. The van der Waals surface area contributed by atoms with Crippen molar-refractivity contribution in [3.8, 4) is 23.0 Å². The molecule has 2 aromatic heterocycles. The second kappa shape index (κ2) is 7.82. The third-order valence-electron chi connectivity index (χ3n) is 5.20. The quantitative estimate of drug-likeness (QED) is 0.459. The molecule has 10 heteroatoms. The molecule has 8 nitrogen and oxygen atoms in total. The second-order valence-corrected chi connectivity index (χ2v) is 9.42. The number of rotatable bonds is 5. The van der Waals surface area contributed by atoms with Crippen LogP contribution in [0.25, 0.3) is 23.0 Å². The number of anilines is 1. The standard InChI is InChI=1S/C21H18ClN5O3S/c22-14-7-11-16(12-8-14)31(28,29)27-15-9-5-13(6-10-15)20-23-21(30-26-20)19-17-3-1-2-4-18(17)24-25-19/h5-12,27H,1-4H2,(H,24,25). The van der Waals surface area contributed by atoms with E-state index in [1.54, 1.807) is 24.3 Å². The first-order valence-electron chi connectivity index (χ1n) is 9.79. The Morgan fingerprint density at radius 3 is 2.52 bits per heavy atom. The van der Waals surface area contributed by atoms with Gasteiger partial charge in [-0.1, -0.05) is 16.8 Å². The van der Waals surface area contributed by atoms with Crippen LogP contribution in [0.3, 0.4) is 0 Å². The van der Waals surface area contributed by atoms with Crippen LogP contribution in [0, 0.1) is 0 Å². The van der Waals surface area contributed by atoms with Crippen LogP contribution in [-0.2, 0) is 22.9 Å². The summed E-state index contributed by atoms with van der Waals surface area (Å²) >= 11 is 5.83. The number of fused-ring (bicyclic) bond motifs is 1. The molecule has 31 heavy (non-hydrogen) atoms. The molecule has 0 amide bonds. The van der Waals surface area contributed by atoms with Crippen molar-refractivity contribution in [2.75, 3.05) is 4.72 Å². The van der Waals surface area contributed by atoms with E-state index in [2.05, 4.69) is 25.1 Å². The number of aromatic nitrogens is 4. The third kappa shape index (κ3) is 3.94. The SMILES string of the molecule is O=S(=O)(Nc1ccc(-c2noc(-c3n[nH]c4c3CCCC4)n2)cc1)c1ccc(Cl)cc1. The molecular formula is C21H18ClN5O3S. The highest BCUT2D eigenvalue weighted by Gasteiger charge is 2.22. The van der Waals surface area contributed by atoms with Crippen molar-refractivity contribution in [1.82, 2.24) is 20.3 Å². The fourth-order valence-corrected chi connectivity index (χ4v) is 4.79. The largest absolute Gasteiger partial charge is 0.332 e. The van der Waals surface area contributed by atoms with Crippen molar-refractivity contribution in [2.24, 2.45) is 0 Å². The van der Waals surface area contributed by atoms with E-state index in [4.69, 9.17) is 16.1 Å². The monoisotopic (exact) mass is 455 g/mol. The van der Waals surface area contributed by atoms with E-state index in [9.17, 15) is 8.42 Å². The number of nitrogens with zero attached hydrogens (tertiary/aromatic N) is 3. The van der Waals surface area contributed by atoms with Crippen molar-refractivity contribution < 1.29 is 12.9 Å². The molecular weight excluding hydrogens is 438 g/mol. The Morgan fingerprint density at radius 2 is 1.74 bits per heavy atom. The number of H-pyrrole nitrogens is 1. The zero-order valence-electron chi connectivity index (χ0n) is 16.3. The van der Waals surface area contributed by atoms with Crippen molar-refractivity contribution >= 4 is 27.3 Å². The molecule has 0 unspecified atom stereocenters. The Bertz CT molecular complexity index is 1330. The highest BCUT2D eigenvalue weighted by atomic mass is 35.5. The molecule has 1 aliphatic carbocycles. The molecule has 1 aliphatic rings. The van der Waals surface area contributed by atoms with Gasteiger partial charge >= 0.3 is 0 Å². The van der Waals surface area contributed by atoms with Crippen LogP contribution in [0.5, 0.6) is 0 Å². The zero-order valence-corrected chi connectivity index (χ0v) is 17.9. The lowest BCUT2D eigenvalue weighted by molar-refractivity contribution is 0.430. The predicted molar refractivity (Wildman–Crippen MR) is 116 cm³/mol. The summed E-state index contributed by atoms with van der Waals surface area (Å²) in [5.74, 6) is 0.789. The fraction of sp³-hybridized carbons (Fsp3) is 0.190. The van der Waals surface area contributed by atoms with Gasteiger partial charge in [0.2, 0.25) is 5.82 Å². The maximum Gasteiger partial charge on any atom is 0.279 e. The normalized spacial score (nSPS) is 13.7. The van der Waals surface area contributed by atoms with Crippen LogP contribution in [-0.4, -0.2) is 28.8 Å². The van der Waals surface area contributed by atoms with Gasteiger partial charge in [0.25, 0.3) is 15.9 Å². The summed E-state index contributed by atoms with van der Waals surface area (Å²) in [6, 6.07) is 12.7. The fourth-order valence-electron chi connectivity index (χ4n) is 3.61. The van der Waals surface area contributed by atoms with Crippen molar-refractivity contribution in [1.29, 1.82) is 0 Å². The lowest BCUT2D eigenvalue weighted by atomic mass is 9.96. The zero-order chi connectivity index (χ0) is 21.4. The average molecular weight is 456 g/mol. The van der Waals surface area contributed by atoms with E-state index >= 15 is 0 Å². The summed E-state index contributed by atoms with van der Waals surface area (Å²) in [6.07, 6.45) is 4.20. The number of nitrogens with one attached hydrogen (secondary N) is 2. The Balaban J connectivity index is 1.35. The van der Waals surface area contributed by atoms with Gasteiger partial charge in [0.05, 0.1) is 4.90 Å². The van der Waals surface area contributed by atoms with Gasteiger partial charge in [-0.05, 0) is 74.2 Å². The summed E-state index contributed by atoms with van der Waals surface area (Å²) in [7, 11) is -3.71. The van der Waals surface area contributed by atoms with E-state index in [0.717, 1.165) is 36.9 Å². The number of hydrogen-bond donors (Lipinski definition) is 2. The van der Waals surface area contributed by atoms with Crippen LogP contribution < -0.4 is 4.72 Å². The lowest BCUT2D eigenvalue weighted by Crippen LogP contribution is -2.12. The van der Waals surface area contributed by atoms with E-state index in [-0.39, 0.29) is 4.90 Å². The molecule has 2 aromatic carbocycles. The minimum Gasteiger partial charge on any atom is -0.332 e. The molecule has 5 rings (SSSR count). The number of hydrogen-bond acceptors (Lipinski definition) is 6. The molecule has 0 spiro atoms. The highest BCUT2D eigenvalue weighted by molar-refractivity contribution is 7.92.